The number of rotatable bonds is 6. The van der Waals surface area contributed by atoms with E-state index in [0.717, 1.165) is 0 Å². The second-order valence-corrected chi connectivity index (χ2v) is 10.5. The zero-order valence-electron chi connectivity index (χ0n) is 16.4. The molecule has 9 nitrogen and oxygen atoms in total. The summed E-state index contributed by atoms with van der Waals surface area (Å²) in [5, 5.41) is 7.80. The molecule has 2 aromatic rings. The summed E-state index contributed by atoms with van der Waals surface area (Å²) in [5.74, 6) is -0.266. The molecule has 1 aliphatic heterocycles. The number of amides is 1. The Morgan fingerprint density at radius 2 is 1.47 bits per heavy atom. The molecule has 1 atom stereocenters. The molecule has 0 aromatic heterocycles. The molecule has 0 bridgehead atoms. The summed E-state index contributed by atoms with van der Waals surface area (Å²) in [4.78, 5) is 14.7. The van der Waals surface area contributed by atoms with Crippen LogP contribution in [0.15, 0.2) is 64.4 Å². The van der Waals surface area contributed by atoms with E-state index in [1.165, 1.54) is 28.6 Å². The van der Waals surface area contributed by atoms with E-state index >= 15 is 0 Å². The highest BCUT2D eigenvalue weighted by Gasteiger charge is 2.31. The van der Waals surface area contributed by atoms with Gasteiger partial charge in [0.1, 0.15) is 0 Å². The van der Waals surface area contributed by atoms with Gasteiger partial charge in [-0.25, -0.2) is 22.0 Å². The monoisotopic (exact) mass is 452 g/mol. The first-order valence-electron chi connectivity index (χ1n) is 9.32. The van der Waals surface area contributed by atoms with E-state index in [4.69, 9.17) is 5.14 Å². The summed E-state index contributed by atoms with van der Waals surface area (Å²) in [6, 6.07) is 13.4. The number of carbonyl (C=O) groups is 1. The fraction of sp³-hybridized carbons (Fsp3) is 0.316. The normalized spacial score (nSPS) is 17.4. The molecule has 0 spiro atoms. The molecule has 1 aliphatic rings. The highest BCUT2D eigenvalue weighted by Crippen LogP contribution is 2.19. The largest absolute Gasteiger partial charge is 0.325 e. The Balaban J connectivity index is 1.58. The van der Waals surface area contributed by atoms with E-state index in [9.17, 15) is 21.6 Å². The second-order valence-electron chi connectivity index (χ2n) is 6.99. The SMILES string of the molecule is CC(C(=O)Nc1ccc(S(N)(=O)=O)cc1)N1CCN(S(=O)(=O)c2ccccc2)CC1. The van der Waals surface area contributed by atoms with Crippen LogP contribution in [0.2, 0.25) is 0 Å². The summed E-state index contributed by atoms with van der Waals surface area (Å²) < 4.78 is 49.5. The Hall–Kier alpha value is -2.31. The summed E-state index contributed by atoms with van der Waals surface area (Å²) in [5.41, 5.74) is 0.449. The van der Waals surface area contributed by atoms with Gasteiger partial charge in [0.15, 0.2) is 0 Å². The molecule has 0 radical (unpaired) electrons. The molecule has 3 rings (SSSR count). The number of nitrogens with zero attached hydrogens (tertiary/aromatic N) is 2. The van der Waals surface area contributed by atoms with Gasteiger partial charge in [-0.05, 0) is 43.3 Å². The summed E-state index contributed by atoms with van der Waals surface area (Å²) >= 11 is 0. The van der Waals surface area contributed by atoms with E-state index in [1.807, 2.05) is 4.90 Å². The third kappa shape index (κ3) is 5.05. The van der Waals surface area contributed by atoms with Crippen LogP contribution in [0.4, 0.5) is 5.69 Å². The van der Waals surface area contributed by atoms with Gasteiger partial charge < -0.3 is 5.32 Å². The molecule has 1 fully saturated rings. The molecule has 1 heterocycles. The van der Waals surface area contributed by atoms with Gasteiger partial charge in [-0.2, -0.15) is 4.31 Å². The molecule has 1 unspecified atom stereocenters. The third-order valence-corrected chi connectivity index (χ3v) is 7.87. The Morgan fingerprint density at radius 1 is 0.900 bits per heavy atom. The maximum atomic E-state index is 12.7. The molecule has 3 N–H and O–H groups in total. The smallest absolute Gasteiger partial charge is 0.243 e. The molecule has 162 valence electrons. The van der Waals surface area contributed by atoms with Crippen LogP contribution in [0.5, 0.6) is 0 Å². The summed E-state index contributed by atoms with van der Waals surface area (Å²) in [6.45, 7) is 3.17. The number of primary sulfonamides is 1. The number of hydrogen-bond donors (Lipinski definition) is 2. The van der Waals surface area contributed by atoms with Crippen LogP contribution in [0.3, 0.4) is 0 Å². The first-order chi connectivity index (χ1) is 14.1. The topological polar surface area (TPSA) is 130 Å². The number of hydrogen-bond acceptors (Lipinski definition) is 6. The number of benzene rings is 2. The van der Waals surface area contributed by atoms with Crippen LogP contribution in [0.1, 0.15) is 6.92 Å². The number of sulfonamides is 2. The predicted molar refractivity (Wildman–Crippen MR) is 113 cm³/mol. The fourth-order valence-electron chi connectivity index (χ4n) is 3.21. The van der Waals surface area contributed by atoms with Crippen molar-refractivity contribution in [3.8, 4) is 0 Å². The van der Waals surface area contributed by atoms with Gasteiger partial charge in [-0.1, -0.05) is 18.2 Å². The number of carbonyl (C=O) groups excluding carboxylic acids is 1. The Bertz CT molecular complexity index is 1100. The zero-order valence-corrected chi connectivity index (χ0v) is 18.1. The first-order valence-corrected chi connectivity index (χ1v) is 12.3. The van der Waals surface area contributed by atoms with Crippen molar-refractivity contribution >= 4 is 31.6 Å². The van der Waals surface area contributed by atoms with E-state index in [2.05, 4.69) is 5.32 Å². The van der Waals surface area contributed by atoms with Crippen LogP contribution in [-0.2, 0) is 24.8 Å². The molecule has 0 aliphatic carbocycles. The van der Waals surface area contributed by atoms with Crippen molar-refractivity contribution in [3.05, 3.63) is 54.6 Å². The van der Waals surface area contributed by atoms with E-state index in [-0.39, 0.29) is 28.8 Å². The Morgan fingerprint density at radius 3 is 2.00 bits per heavy atom. The van der Waals surface area contributed by atoms with Crippen molar-refractivity contribution in [3.63, 3.8) is 0 Å². The highest BCUT2D eigenvalue weighted by molar-refractivity contribution is 7.89. The standard InChI is InChI=1S/C19H24N4O5S2/c1-15(19(24)21-16-7-9-17(10-8-16)29(20,25)26)22-11-13-23(14-12-22)30(27,28)18-5-3-2-4-6-18/h2-10,15H,11-14H2,1H3,(H,21,24)(H2,20,25,26). The van der Waals surface area contributed by atoms with Gasteiger partial charge in [0.2, 0.25) is 26.0 Å². The highest BCUT2D eigenvalue weighted by atomic mass is 32.2. The van der Waals surface area contributed by atoms with Crippen molar-refractivity contribution in [2.45, 2.75) is 22.8 Å². The average Bonchev–Trinajstić information content (AvgIpc) is 2.73. The van der Waals surface area contributed by atoms with Gasteiger partial charge in [0, 0.05) is 31.9 Å². The van der Waals surface area contributed by atoms with Crippen LogP contribution < -0.4 is 10.5 Å². The van der Waals surface area contributed by atoms with Crippen LogP contribution in [0, 0.1) is 0 Å². The molecule has 30 heavy (non-hydrogen) atoms. The molecular formula is C19H24N4O5S2. The van der Waals surface area contributed by atoms with Gasteiger partial charge >= 0.3 is 0 Å². The van der Waals surface area contributed by atoms with E-state index in [0.29, 0.717) is 18.8 Å². The van der Waals surface area contributed by atoms with Gasteiger partial charge in [-0.3, -0.25) is 9.69 Å². The van der Waals surface area contributed by atoms with Crippen molar-refractivity contribution in [1.82, 2.24) is 9.21 Å². The lowest BCUT2D eigenvalue weighted by molar-refractivity contribution is -0.121. The number of anilines is 1. The van der Waals surface area contributed by atoms with Gasteiger partial charge in [-0.15, -0.1) is 0 Å². The minimum absolute atomic E-state index is 0.0377. The molecule has 11 heteroatoms. The number of piperazine rings is 1. The van der Waals surface area contributed by atoms with E-state index < -0.39 is 26.1 Å². The van der Waals surface area contributed by atoms with Gasteiger partial charge in [0.05, 0.1) is 15.8 Å². The summed E-state index contributed by atoms with van der Waals surface area (Å²) in [6.07, 6.45) is 0. The lowest BCUT2D eigenvalue weighted by atomic mass is 10.2. The zero-order chi connectivity index (χ0) is 21.9. The van der Waals surface area contributed by atoms with Crippen LogP contribution >= 0.6 is 0 Å². The minimum atomic E-state index is -3.79. The number of nitrogens with two attached hydrogens (primary N) is 1. The average molecular weight is 453 g/mol. The van der Waals surface area contributed by atoms with Crippen molar-refractivity contribution in [2.24, 2.45) is 5.14 Å². The molecule has 1 saturated heterocycles. The molecule has 2 aromatic carbocycles. The molecular weight excluding hydrogens is 428 g/mol. The van der Waals surface area contributed by atoms with Crippen LogP contribution in [0.25, 0.3) is 0 Å². The Labute approximate surface area is 176 Å². The lowest BCUT2D eigenvalue weighted by Crippen LogP contribution is -2.53. The van der Waals surface area contributed by atoms with Crippen molar-refractivity contribution in [1.29, 1.82) is 0 Å². The number of nitrogens with one attached hydrogen (secondary N) is 1. The predicted octanol–water partition coefficient (Wildman–Crippen LogP) is 0.668. The quantitative estimate of drug-likeness (QED) is 0.663. The molecule has 0 saturated carbocycles. The van der Waals surface area contributed by atoms with Gasteiger partial charge in [0.25, 0.3) is 0 Å². The molecule has 1 amide bonds. The Kier molecular flexibility index (Phi) is 6.58. The second kappa shape index (κ2) is 8.82. The first kappa shape index (κ1) is 22.4. The van der Waals surface area contributed by atoms with E-state index in [1.54, 1.807) is 37.3 Å². The van der Waals surface area contributed by atoms with Crippen LogP contribution in [-0.4, -0.2) is 64.2 Å². The van der Waals surface area contributed by atoms with Crippen molar-refractivity contribution in [2.75, 3.05) is 31.5 Å². The van der Waals surface area contributed by atoms with Crippen molar-refractivity contribution < 1.29 is 21.6 Å². The fourth-order valence-corrected chi connectivity index (χ4v) is 5.17. The maximum absolute atomic E-state index is 12.7. The summed E-state index contributed by atoms with van der Waals surface area (Å²) in [7, 11) is -7.34. The third-order valence-electron chi connectivity index (χ3n) is 5.03. The minimum Gasteiger partial charge on any atom is -0.325 e. The maximum Gasteiger partial charge on any atom is 0.243 e. The lowest BCUT2D eigenvalue weighted by Gasteiger charge is -2.36.